The number of ether oxygens (including phenoxy) is 4. The summed E-state index contributed by atoms with van der Waals surface area (Å²) < 4.78 is 41.7. The van der Waals surface area contributed by atoms with Crippen molar-refractivity contribution in [2.75, 3.05) is 28.4 Å². The van der Waals surface area contributed by atoms with Crippen LogP contribution in [0.25, 0.3) is 0 Å². The van der Waals surface area contributed by atoms with Crippen LogP contribution >= 0.6 is 30.7 Å². The average Bonchev–Trinajstić information content (AvgIpc) is 0.906. The van der Waals surface area contributed by atoms with Gasteiger partial charge < -0.3 is 42.4 Å². The molecule has 2 unspecified atom stereocenters. The van der Waals surface area contributed by atoms with E-state index in [1.807, 2.05) is 36.4 Å². The lowest BCUT2D eigenvalue weighted by Gasteiger charge is -2.43. The molecule has 0 heterocycles. The topological polar surface area (TPSA) is 139 Å². The Bertz CT molecular complexity index is 3350. The fourth-order valence-electron chi connectivity index (χ4n) is 9.66. The standard InChI is InChI=1S/C24H29BrO2P2Si.C24H28O3Si.C14H22O3Si.C8H8O3/c1-24(2,3)30(20-11-7-5-8-12-20,21-13-9-6-10-14-21)27-23-17-19(18-29(25)28)15-16-22(23)26-4;1-24(2,3)28(20-11-7-5-8-12-20,21-13-9-6-10-14-21)27-23-17-19(18-25)15-16-22(23)26-4;1-14(2,3)18(5,6)17-13-9-11(10-15)7-8-12(13)16-4;1-11-8-3-2-6(5-9)4-7(8)10/h5-17H,18,28H2,1-4H3;5-17,25H,18H2,1-4H3;7-10H,1-6H3;2-5,10H,1H3. The van der Waals surface area contributed by atoms with Gasteiger partial charge >= 0.3 is 16.6 Å². The summed E-state index contributed by atoms with van der Waals surface area (Å²) in [5.41, 5.74) is 3.07. The first-order valence-corrected chi connectivity index (χ1v) is 40.4. The zero-order valence-corrected chi connectivity index (χ0v) is 59.7. The maximum Gasteiger partial charge on any atom is 0.320 e. The van der Waals surface area contributed by atoms with Crippen molar-refractivity contribution in [3.8, 4) is 46.0 Å². The van der Waals surface area contributed by atoms with Crippen LogP contribution in [0.3, 0.4) is 0 Å². The van der Waals surface area contributed by atoms with E-state index >= 15 is 0 Å². The van der Waals surface area contributed by atoms with Crippen LogP contribution in [-0.2, 0) is 12.8 Å². The van der Waals surface area contributed by atoms with E-state index in [2.05, 4.69) is 221 Å². The van der Waals surface area contributed by atoms with Gasteiger partial charge in [0.2, 0.25) is 0 Å². The van der Waals surface area contributed by atoms with Gasteiger partial charge in [0, 0.05) is 17.3 Å². The Hall–Kier alpha value is -6.55. The van der Waals surface area contributed by atoms with Gasteiger partial charge in [0.25, 0.3) is 8.32 Å². The highest BCUT2D eigenvalue weighted by molar-refractivity contribution is 9.44. The second-order valence-electron chi connectivity index (χ2n) is 24.2. The predicted octanol–water partition coefficient (Wildman–Crippen LogP) is 15.9. The molecular formula is C70H87BrO11P2Si3. The SMILES string of the molecule is COc1ccc(C=O)cc1O.COc1ccc(C=O)cc1O[Si](C)(C)C(C)(C)C.COc1ccc(CO)cc1O[Si](c1ccccc1)(c1ccccc1)C(C)(C)C.COc1ccc(CP(P)Br)cc1O[Si](c1ccccc1)(c1ccccc1)C(C)(C)C. The van der Waals surface area contributed by atoms with Crippen LogP contribution in [0.2, 0.25) is 28.2 Å². The number of hydrogen-bond donors (Lipinski definition) is 2. The van der Waals surface area contributed by atoms with Gasteiger partial charge in [0.15, 0.2) is 28.7 Å². The van der Waals surface area contributed by atoms with Crippen molar-refractivity contribution in [2.24, 2.45) is 0 Å². The molecule has 0 aliphatic carbocycles. The number of aromatic hydroxyl groups is 1. The zero-order valence-electron chi connectivity index (χ0n) is 53.0. The van der Waals surface area contributed by atoms with Gasteiger partial charge in [-0.05, 0) is 127 Å². The van der Waals surface area contributed by atoms with E-state index in [1.54, 1.807) is 51.7 Å². The molecule has 0 fully saturated rings. The molecule has 0 aliphatic rings. The third kappa shape index (κ3) is 18.3. The molecule has 87 heavy (non-hydrogen) atoms. The molecule has 11 nitrogen and oxygen atoms in total. The Labute approximate surface area is 531 Å². The van der Waals surface area contributed by atoms with Crippen LogP contribution in [0.5, 0.6) is 46.0 Å². The van der Waals surface area contributed by atoms with Crippen molar-refractivity contribution in [1.29, 1.82) is 0 Å². The van der Waals surface area contributed by atoms with Crippen molar-refractivity contribution < 1.29 is 52.0 Å². The summed E-state index contributed by atoms with van der Waals surface area (Å²) in [6.07, 6.45) is 2.14. The maximum atomic E-state index is 10.8. The third-order valence-electron chi connectivity index (χ3n) is 15.2. The van der Waals surface area contributed by atoms with E-state index in [0.29, 0.717) is 46.2 Å². The molecule has 8 aromatic carbocycles. The largest absolute Gasteiger partial charge is 0.541 e. The van der Waals surface area contributed by atoms with Gasteiger partial charge in [-0.2, -0.15) is 0 Å². The molecule has 0 saturated heterocycles. The first-order chi connectivity index (χ1) is 41.2. The summed E-state index contributed by atoms with van der Waals surface area (Å²) in [5.74, 6) is 4.62. The number of methoxy groups -OCH3 is 4. The highest BCUT2D eigenvalue weighted by Gasteiger charge is 2.54. The van der Waals surface area contributed by atoms with Crippen LogP contribution < -0.4 is 53.0 Å². The molecule has 0 bridgehead atoms. The minimum Gasteiger partial charge on any atom is -0.541 e. The summed E-state index contributed by atoms with van der Waals surface area (Å²) in [4.78, 5) is 21.0. The van der Waals surface area contributed by atoms with E-state index < -0.39 is 25.0 Å². The quantitative estimate of drug-likeness (QED) is 0.0454. The molecule has 8 rings (SSSR count). The molecular weight excluding hydrogens is 1240 g/mol. The number of carbonyl (C=O) groups is 2. The number of aldehydes is 2. The molecule has 17 heteroatoms. The van der Waals surface area contributed by atoms with E-state index in [-0.39, 0.29) is 33.8 Å². The van der Waals surface area contributed by atoms with Gasteiger partial charge in [-0.15, -0.1) is 0 Å². The molecule has 0 radical (unpaired) electrons. The summed E-state index contributed by atoms with van der Waals surface area (Å²) in [6, 6.07) is 64.0. The van der Waals surface area contributed by atoms with Crippen LogP contribution in [0, 0.1) is 0 Å². The molecule has 0 aliphatic heterocycles. The van der Waals surface area contributed by atoms with Crippen LogP contribution in [0.1, 0.15) is 94.2 Å². The molecule has 2 N–H and O–H groups in total. The number of phenolic OH excluding ortho intramolecular Hbond substituents is 1. The minimum atomic E-state index is -2.74. The Balaban J connectivity index is 0.000000224. The Morgan fingerprint density at radius 2 is 0.759 bits per heavy atom. The molecule has 8 aromatic rings. The van der Waals surface area contributed by atoms with Gasteiger partial charge in [-0.25, -0.2) is 0 Å². The molecule has 0 amide bonds. The van der Waals surface area contributed by atoms with E-state index in [0.717, 1.165) is 29.5 Å². The summed E-state index contributed by atoms with van der Waals surface area (Å²) in [6.45, 7) is 24.4. The number of phenols is 1. The van der Waals surface area contributed by atoms with Crippen LogP contribution in [-0.4, -0.2) is 76.2 Å². The number of rotatable bonds is 19. The van der Waals surface area contributed by atoms with Gasteiger partial charge in [-0.1, -0.05) is 220 Å². The summed E-state index contributed by atoms with van der Waals surface area (Å²) in [7, 11) is 1.92. The number of aliphatic hydroxyl groups excluding tert-OH is 1. The molecule has 0 saturated carbocycles. The van der Waals surface area contributed by atoms with Crippen molar-refractivity contribution in [1.82, 2.24) is 0 Å². The van der Waals surface area contributed by atoms with Crippen molar-refractivity contribution in [3.05, 3.63) is 216 Å². The predicted molar refractivity (Wildman–Crippen MR) is 374 cm³/mol. The number of halogens is 1. The average molecular weight is 1330 g/mol. The Morgan fingerprint density at radius 1 is 0.437 bits per heavy atom. The smallest absolute Gasteiger partial charge is 0.320 e. The summed E-state index contributed by atoms with van der Waals surface area (Å²) >= 11 is 3.70. The molecule has 462 valence electrons. The highest BCUT2D eigenvalue weighted by Crippen LogP contribution is 2.55. The Kier molecular flexibility index (Phi) is 26.3. The second kappa shape index (κ2) is 32.1. The third-order valence-corrected chi connectivity index (χ3v) is 31.3. The van der Waals surface area contributed by atoms with Crippen LogP contribution in [0.15, 0.2) is 194 Å². The molecule has 0 aromatic heterocycles. The fraction of sp³-hybridized carbons (Fsp3) is 0.286. The normalized spacial score (nSPS) is 12.0. The molecule has 0 spiro atoms. The zero-order chi connectivity index (χ0) is 64.2. The number of benzene rings is 8. The number of aliphatic hydroxyl groups is 1. The summed E-state index contributed by atoms with van der Waals surface area (Å²) in [5, 5.41) is 23.5. The maximum absolute atomic E-state index is 10.8. The Morgan fingerprint density at radius 3 is 1.07 bits per heavy atom. The monoisotopic (exact) mass is 1330 g/mol. The van der Waals surface area contributed by atoms with Crippen LogP contribution in [0.4, 0.5) is 0 Å². The van der Waals surface area contributed by atoms with Gasteiger partial charge in [-0.3, -0.25) is 9.59 Å². The lowest BCUT2D eigenvalue weighted by Crippen LogP contribution is -2.68. The van der Waals surface area contributed by atoms with Crippen molar-refractivity contribution in [3.63, 3.8) is 0 Å². The fourth-order valence-corrected chi connectivity index (χ4v) is 21.6. The lowest BCUT2D eigenvalue weighted by atomic mass is 10.2. The molecule has 2 atom stereocenters. The second-order valence-corrected chi connectivity index (χ2v) is 45.3. The van der Waals surface area contributed by atoms with E-state index in [4.69, 9.17) is 37.3 Å². The van der Waals surface area contributed by atoms with Crippen molar-refractivity contribution >= 4 is 89.0 Å². The van der Waals surface area contributed by atoms with Gasteiger partial charge in [0.1, 0.15) is 29.8 Å². The van der Waals surface area contributed by atoms with E-state index in [1.165, 1.54) is 39.5 Å². The highest BCUT2D eigenvalue weighted by atomic mass is 79.9. The van der Waals surface area contributed by atoms with Crippen molar-refractivity contribution in [2.45, 2.75) is 103 Å². The minimum absolute atomic E-state index is 0.0166. The first-order valence-electron chi connectivity index (χ1n) is 28.6. The number of carbonyl (C=O) groups excluding carboxylic acids is 2. The number of hydrogen-bond acceptors (Lipinski definition) is 11. The first kappa shape index (κ1) is 71.2. The van der Waals surface area contributed by atoms with Gasteiger partial charge in [0.05, 0.1) is 35.0 Å². The van der Waals surface area contributed by atoms with E-state index in [9.17, 15) is 14.7 Å². The lowest BCUT2D eigenvalue weighted by molar-refractivity contribution is 0.111.